The second kappa shape index (κ2) is 23.4. The molecule has 0 saturated carbocycles. The fourth-order valence-corrected chi connectivity index (χ4v) is 6.82. The van der Waals surface area contributed by atoms with Crippen molar-refractivity contribution in [3.63, 3.8) is 0 Å². The van der Waals surface area contributed by atoms with Crippen LogP contribution in [0.1, 0.15) is 130 Å². The van der Waals surface area contributed by atoms with Crippen molar-refractivity contribution in [1.29, 1.82) is 0 Å². The Morgan fingerprint density at radius 1 is 0.545 bits per heavy atom. The number of nitrogens with one attached hydrogen (secondary N) is 9. The lowest BCUT2D eigenvalue weighted by atomic mass is 9.95. The van der Waals surface area contributed by atoms with Gasteiger partial charge in [-0.25, -0.2) is 0 Å². The number of carbonyl (C=O) groups is 10. The first kappa shape index (κ1) is 58.6. The molecule has 1 heterocycles. The van der Waals surface area contributed by atoms with Gasteiger partial charge < -0.3 is 63.0 Å². The lowest BCUT2D eigenvalue weighted by molar-refractivity contribution is -0.142. The standard InChI is InChI=1S/C44H78N10O12/c1-23(2)20-28(47-36(63)41(9,10)52-34(61)30(24(3)4)48-37(64)42(11,12)53-38(65)43(13,14)49-26(6)57)32(59)46-29(22-56)33(60)51-40(7,8)35(62)45-25(5)31(58)50-44(15,16)39(66)54-19-17-18-27(54)21-55/h23-25,27-30,55-56H,17-22H2,1-16H3,(H,45,62)(H,46,59)(H,47,63)(H,48,64)(H,49,57)(H,50,58)(H,51,60)(H,52,61)(H,53,65)/t25-,27-,28-,29-,30-/m0/s1. The van der Waals surface area contributed by atoms with Crippen molar-refractivity contribution in [1.82, 2.24) is 52.8 Å². The number of hydrogen-bond donors (Lipinski definition) is 11. The van der Waals surface area contributed by atoms with E-state index >= 15 is 0 Å². The van der Waals surface area contributed by atoms with E-state index in [1.165, 1.54) is 88.0 Å². The summed E-state index contributed by atoms with van der Waals surface area (Å²) < 4.78 is 0. The molecule has 0 aliphatic carbocycles. The maximum atomic E-state index is 13.7. The first-order chi connectivity index (χ1) is 30.0. The molecule has 0 aromatic carbocycles. The monoisotopic (exact) mass is 939 g/mol. The average molecular weight is 939 g/mol. The van der Waals surface area contributed by atoms with Crippen molar-refractivity contribution in [3.8, 4) is 0 Å². The Balaban J connectivity index is 3.05. The molecule has 0 bridgehead atoms. The van der Waals surface area contributed by atoms with Gasteiger partial charge in [0.15, 0.2) is 0 Å². The first-order valence-corrected chi connectivity index (χ1v) is 22.3. The van der Waals surface area contributed by atoms with Crippen LogP contribution in [0.3, 0.4) is 0 Å². The van der Waals surface area contributed by atoms with Crippen LogP contribution in [0.4, 0.5) is 0 Å². The van der Waals surface area contributed by atoms with E-state index in [0.29, 0.717) is 19.4 Å². The summed E-state index contributed by atoms with van der Waals surface area (Å²) in [6.45, 7) is 23.0. The van der Waals surface area contributed by atoms with Gasteiger partial charge in [-0.1, -0.05) is 27.7 Å². The van der Waals surface area contributed by atoms with Crippen molar-refractivity contribution in [2.24, 2.45) is 11.8 Å². The molecular formula is C44H78N10O12. The van der Waals surface area contributed by atoms with E-state index in [1.807, 2.05) is 0 Å². The van der Waals surface area contributed by atoms with Crippen LogP contribution in [0.5, 0.6) is 0 Å². The van der Waals surface area contributed by atoms with Gasteiger partial charge in [0.2, 0.25) is 59.1 Å². The third-order valence-electron chi connectivity index (χ3n) is 11.0. The molecule has 0 spiro atoms. The van der Waals surface area contributed by atoms with Gasteiger partial charge in [-0.15, -0.1) is 0 Å². The van der Waals surface area contributed by atoms with Crippen LogP contribution in [0.25, 0.3) is 0 Å². The predicted molar refractivity (Wildman–Crippen MR) is 243 cm³/mol. The summed E-state index contributed by atoms with van der Waals surface area (Å²) in [6.07, 6.45) is 1.40. The van der Waals surface area contributed by atoms with Crippen molar-refractivity contribution < 1.29 is 58.2 Å². The Morgan fingerprint density at radius 2 is 1.02 bits per heavy atom. The van der Waals surface area contributed by atoms with E-state index in [0.717, 1.165) is 0 Å². The van der Waals surface area contributed by atoms with Crippen molar-refractivity contribution >= 4 is 59.1 Å². The van der Waals surface area contributed by atoms with E-state index < -0.39 is 123 Å². The van der Waals surface area contributed by atoms with Crippen molar-refractivity contribution in [2.45, 2.75) is 188 Å². The largest absolute Gasteiger partial charge is 0.394 e. The summed E-state index contributed by atoms with van der Waals surface area (Å²) in [5.74, 6) is -7.82. The van der Waals surface area contributed by atoms with E-state index in [-0.39, 0.29) is 25.0 Å². The van der Waals surface area contributed by atoms with Crippen LogP contribution < -0.4 is 47.9 Å². The molecule has 66 heavy (non-hydrogen) atoms. The summed E-state index contributed by atoms with van der Waals surface area (Å²) >= 11 is 0. The van der Waals surface area contributed by atoms with Crippen molar-refractivity contribution in [2.75, 3.05) is 19.8 Å². The number of likely N-dealkylation sites (tertiary alicyclic amines) is 1. The normalized spacial score (nSPS) is 16.5. The minimum Gasteiger partial charge on any atom is -0.394 e. The van der Waals surface area contributed by atoms with Crippen LogP contribution in [-0.4, -0.2) is 152 Å². The third-order valence-corrected chi connectivity index (χ3v) is 11.0. The molecule has 22 nitrogen and oxygen atoms in total. The van der Waals surface area contributed by atoms with Gasteiger partial charge >= 0.3 is 0 Å². The minimum absolute atomic E-state index is 0.0574. The number of aliphatic hydroxyl groups is 2. The molecule has 1 aliphatic heterocycles. The SMILES string of the molecule is CC(=O)NC(C)(C)C(=O)NC(C)(C)C(=O)N[C@H](C(=O)NC(C)(C)C(=O)N[C@@H](CC(C)C)C(=O)N[C@@H](CO)C(=O)NC(C)(C)C(=O)N[C@@H](C)C(=O)NC(C)(C)C(=O)N1CCC[C@H]1CO)C(C)C. The minimum atomic E-state index is -1.70. The highest BCUT2D eigenvalue weighted by Gasteiger charge is 2.43. The lowest BCUT2D eigenvalue weighted by Gasteiger charge is -2.34. The molecular weight excluding hydrogens is 861 g/mol. The molecule has 1 rings (SSSR count). The number of rotatable bonds is 23. The van der Waals surface area contributed by atoms with Gasteiger partial charge in [0.05, 0.1) is 19.3 Å². The Morgan fingerprint density at radius 3 is 1.50 bits per heavy atom. The van der Waals surface area contributed by atoms with Crippen LogP contribution in [0.2, 0.25) is 0 Å². The van der Waals surface area contributed by atoms with E-state index in [9.17, 15) is 58.2 Å². The summed E-state index contributed by atoms with van der Waals surface area (Å²) in [4.78, 5) is 134. The summed E-state index contributed by atoms with van der Waals surface area (Å²) in [5, 5.41) is 42.8. The van der Waals surface area contributed by atoms with E-state index in [4.69, 9.17) is 0 Å². The zero-order valence-electron chi connectivity index (χ0n) is 41.7. The van der Waals surface area contributed by atoms with Crippen LogP contribution in [0.15, 0.2) is 0 Å². The van der Waals surface area contributed by atoms with Gasteiger partial charge in [-0.3, -0.25) is 47.9 Å². The Hall–Kier alpha value is -5.38. The number of aliphatic hydroxyl groups excluding tert-OH is 2. The van der Waals surface area contributed by atoms with Gasteiger partial charge in [0.25, 0.3) is 0 Å². The number of nitrogens with zero attached hydrogens (tertiary/aromatic N) is 1. The Kier molecular flexibility index (Phi) is 20.8. The molecule has 0 radical (unpaired) electrons. The molecule has 0 aromatic rings. The Bertz CT molecular complexity index is 1830. The second-order valence-corrected chi connectivity index (χ2v) is 20.5. The first-order valence-electron chi connectivity index (χ1n) is 22.3. The van der Waals surface area contributed by atoms with Crippen LogP contribution in [0, 0.1) is 11.8 Å². The fourth-order valence-electron chi connectivity index (χ4n) is 6.82. The molecule has 10 amide bonds. The Labute approximate surface area is 388 Å². The molecule has 1 aliphatic rings. The maximum absolute atomic E-state index is 13.7. The summed E-state index contributed by atoms with van der Waals surface area (Å²) in [7, 11) is 0. The van der Waals surface area contributed by atoms with E-state index in [1.54, 1.807) is 27.7 Å². The molecule has 11 N–H and O–H groups in total. The number of hydrogen-bond acceptors (Lipinski definition) is 12. The third kappa shape index (κ3) is 16.8. The number of amides is 10. The average Bonchev–Trinajstić information content (AvgIpc) is 3.65. The predicted octanol–water partition coefficient (Wildman–Crippen LogP) is -1.88. The molecule has 0 unspecified atom stereocenters. The molecule has 376 valence electrons. The fraction of sp³-hybridized carbons (Fsp3) is 0.773. The zero-order chi connectivity index (χ0) is 51.5. The topological polar surface area (TPSA) is 323 Å². The molecule has 1 saturated heterocycles. The smallest absolute Gasteiger partial charge is 0.248 e. The van der Waals surface area contributed by atoms with E-state index in [2.05, 4.69) is 47.9 Å². The van der Waals surface area contributed by atoms with Gasteiger partial charge in [-0.05, 0) is 107 Å². The highest BCUT2D eigenvalue weighted by Crippen LogP contribution is 2.21. The summed E-state index contributed by atoms with van der Waals surface area (Å²) in [5.41, 5.74) is -7.65. The number of carbonyl (C=O) groups excluding carboxylic acids is 10. The molecule has 1 fully saturated rings. The van der Waals surface area contributed by atoms with Crippen LogP contribution >= 0.6 is 0 Å². The van der Waals surface area contributed by atoms with Gasteiger partial charge in [-0.2, -0.15) is 0 Å². The quantitative estimate of drug-likeness (QED) is 0.0537. The van der Waals surface area contributed by atoms with Crippen LogP contribution in [-0.2, 0) is 47.9 Å². The summed E-state index contributed by atoms with van der Waals surface area (Å²) in [6, 6.07) is -5.62. The van der Waals surface area contributed by atoms with Crippen molar-refractivity contribution in [3.05, 3.63) is 0 Å². The lowest BCUT2D eigenvalue weighted by Crippen LogP contribution is -2.66. The molecule has 0 aromatic heterocycles. The van der Waals surface area contributed by atoms with Gasteiger partial charge in [0, 0.05) is 13.5 Å². The van der Waals surface area contributed by atoms with Gasteiger partial charge in [0.1, 0.15) is 51.9 Å². The maximum Gasteiger partial charge on any atom is 0.248 e. The zero-order valence-corrected chi connectivity index (χ0v) is 41.7. The molecule has 5 atom stereocenters. The second-order valence-electron chi connectivity index (χ2n) is 20.5. The highest BCUT2D eigenvalue weighted by molar-refractivity contribution is 6.01. The highest BCUT2D eigenvalue weighted by atomic mass is 16.3. The molecule has 22 heteroatoms.